The van der Waals surface area contributed by atoms with Crippen LogP contribution in [0.2, 0.25) is 5.02 Å². The maximum absolute atomic E-state index is 8.91. The molecule has 0 saturated heterocycles. The van der Waals surface area contributed by atoms with Crippen molar-refractivity contribution in [2.24, 2.45) is 5.73 Å². The van der Waals surface area contributed by atoms with Crippen molar-refractivity contribution < 1.29 is 0 Å². The summed E-state index contributed by atoms with van der Waals surface area (Å²) in [5.74, 6) is 0. The number of hydrogen-bond donors (Lipinski definition) is 2. The van der Waals surface area contributed by atoms with Crippen LogP contribution in [0.1, 0.15) is 18.4 Å². The van der Waals surface area contributed by atoms with Gasteiger partial charge in [0.25, 0.3) is 0 Å². The van der Waals surface area contributed by atoms with Crippen molar-refractivity contribution in [1.82, 2.24) is 0 Å². The summed E-state index contributed by atoms with van der Waals surface area (Å²) < 4.78 is 0. The Kier molecular flexibility index (Phi) is 2.81. The molecule has 78 valence electrons. The molecule has 0 spiro atoms. The molecular weight excluding hydrogens is 210 g/mol. The second-order valence-electron chi connectivity index (χ2n) is 3.87. The number of benzene rings is 1. The van der Waals surface area contributed by atoms with Gasteiger partial charge in [0.15, 0.2) is 0 Å². The molecule has 0 bridgehead atoms. The minimum Gasteiger partial charge on any atom is -0.381 e. The second-order valence-corrected chi connectivity index (χ2v) is 4.31. The highest BCUT2D eigenvalue weighted by atomic mass is 35.5. The highest BCUT2D eigenvalue weighted by molar-refractivity contribution is 6.30. The molecule has 0 aromatic heterocycles. The smallest absolute Gasteiger partial charge is 0.101 e. The molecule has 3 nitrogen and oxygen atoms in total. The molecule has 1 fully saturated rings. The Morgan fingerprint density at radius 1 is 1.47 bits per heavy atom. The van der Waals surface area contributed by atoms with Gasteiger partial charge in [0.1, 0.15) is 6.07 Å². The second kappa shape index (κ2) is 4.09. The number of nitrogens with one attached hydrogen (secondary N) is 1. The van der Waals surface area contributed by atoms with Gasteiger partial charge in [0, 0.05) is 17.1 Å². The fraction of sp³-hybridized carbons (Fsp3) is 0.364. The summed E-state index contributed by atoms with van der Waals surface area (Å²) in [5, 5.41) is 12.8. The number of nitrogens with two attached hydrogens (primary N) is 1. The normalized spacial score (nSPS) is 24.1. The summed E-state index contributed by atoms with van der Waals surface area (Å²) in [7, 11) is 0. The molecule has 3 N–H and O–H groups in total. The van der Waals surface area contributed by atoms with Crippen molar-refractivity contribution in [3.05, 3.63) is 28.8 Å². The van der Waals surface area contributed by atoms with Crippen molar-refractivity contribution in [2.45, 2.75) is 24.9 Å². The average molecular weight is 222 g/mol. The predicted octanol–water partition coefficient (Wildman–Crippen LogP) is 2.11. The van der Waals surface area contributed by atoms with E-state index in [0.717, 1.165) is 18.5 Å². The van der Waals surface area contributed by atoms with E-state index >= 15 is 0 Å². The van der Waals surface area contributed by atoms with E-state index in [2.05, 4.69) is 11.4 Å². The van der Waals surface area contributed by atoms with Crippen LogP contribution in [0, 0.1) is 11.3 Å². The standard InChI is InChI=1S/C11H12ClN3/c12-8-2-1-7(6-13)11(3-8)15-10-4-9(14)5-10/h1-3,9-10,15H,4-5,14H2. The van der Waals surface area contributed by atoms with Crippen LogP contribution in [-0.2, 0) is 0 Å². The van der Waals surface area contributed by atoms with E-state index in [1.54, 1.807) is 18.2 Å². The van der Waals surface area contributed by atoms with Gasteiger partial charge in [-0.2, -0.15) is 5.26 Å². The molecule has 1 aromatic rings. The van der Waals surface area contributed by atoms with Crippen molar-refractivity contribution in [1.29, 1.82) is 5.26 Å². The molecule has 0 aliphatic heterocycles. The van der Waals surface area contributed by atoms with Crippen molar-refractivity contribution in [3.8, 4) is 6.07 Å². The Balaban J connectivity index is 2.13. The van der Waals surface area contributed by atoms with Gasteiger partial charge >= 0.3 is 0 Å². The summed E-state index contributed by atoms with van der Waals surface area (Å²) in [4.78, 5) is 0. The third-order valence-electron chi connectivity index (χ3n) is 2.64. The van der Waals surface area contributed by atoms with Crippen LogP contribution >= 0.6 is 11.6 Å². The van der Waals surface area contributed by atoms with Crippen LogP contribution in [0.15, 0.2) is 18.2 Å². The van der Waals surface area contributed by atoms with Gasteiger partial charge in [-0.25, -0.2) is 0 Å². The Bertz CT molecular complexity index is 405. The number of anilines is 1. The highest BCUT2D eigenvalue weighted by Gasteiger charge is 2.26. The van der Waals surface area contributed by atoms with Crippen molar-refractivity contribution in [2.75, 3.05) is 5.32 Å². The quantitative estimate of drug-likeness (QED) is 0.804. The number of halogens is 1. The Morgan fingerprint density at radius 2 is 2.20 bits per heavy atom. The molecule has 2 rings (SSSR count). The fourth-order valence-corrected chi connectivity index (χ4v) is 1.91. The third kappa shape index (κ3) is 2.23. The first-order chi connectivity index (χ1) is 7.19. The minimum atomic E-state index is 0.298. The maximum atomic E-state index is 8.91. The van der Waals surface area contributed by atoms with E-state index in [0.29, 0.717) is 22.7 Å². The van der Waals surface area contributed by atoms with Crippen molar-refractivity contribution in [3.63, 3.8) is 0 Å². The molecular formula is C11H12ClN3. The van der Waals surface area contributed by atoms with Gasteiger partial charge in [-0.1, -0.05) is 11.6 Å². The summed E-state index contributed by atoms with van der Waals surface area (Å²) >= 11 is 5.87. The average Bonchev–Trinajstić information content (AvgIpc) is 2.16. The predicted molar refractivity (Wildman–Crippen MR) is 60.8 cm³/mol. The van der Waals surface area contributed by atoms with E-state index in [4.69, 9.17) is 22.6 Å². The fourth-order valence-electron chi connectivity index (χ4n) is 1.73. The number of rotatable bonds is 2. The molecule has 0 radical (unpaired) electrons. The lowest BCUT2D eigenvalue weighted by atomic mass is 9.87. The number of hydrogen-bond acceptors (Lipinski definition) is 3. The zero-order valence-corrected chi connectivity index (χ0v) is 8.96. The summed E-state index contributed by atoms with van der Waals surface area (Å²) in [6.45, 7) is 0. The van der Waals surface area contributed by atoms with E-state index in [-0.39, 0.29) is 0 Å². The molecule has 1 aliphatic rings. The first-order valence-corrected chi connectivity index (χ1v) is 5.28. The molecule has 1 aliphatic carbocycles. The summed E-state index contributed by atoms with van der Waals surface area (Å²) in [6, 6.07) is 8.04. The lowest BCUT2D eigenvalue weighted by Crippen LogP contribution is -2.44. The minimum absolute atomic E-state index is 0.298. The molecule has 1 saturated carbocycles. The Labute approximate surface area is 93.8 Å². The van der Waals surface area contributed by atoms with E-state index in [1.165, 1.54) is 0 Å². The molecule has 0 amide bonds. The van der Waals surface area contributed by atoms with Crippen LogP contribution in [0.3, 0.4) is 0 Å². The summed E-state index contributed by atoms with van der Waals surface area (Å²) in [6.07, 6.45) is 1.91. The molecule has 0 unspecified atom stereocenters. The van der Waals surface area contributed by atoms with Crippen LogP contribution in [0.4, 0.5) is 5.69 Å². The van der Waals surface area contributed by atoms with Gasteiger partial charge in [-0.15, -0.1) is 0 Å². The lowest BCUT2D eigenvalue weighted by molar-refractivity contribution is 0.373. The van der Waals surface area contributed by atoms with Gasteiger partial charge in [0.05, 0.1) is 11.3 Å². The third-order valence-corrected chi connectivity index (χ3v) is 2.87. The van der Waals surface area contributed by atoms with Crippen molar-refractivity contribution >= 4 is 17.3 Å². The van der Waals surface area contributed by atoms with Crippen LogP contribution in [0.5, 0.6) is 0 Å². The summed E-state index contributed by atoms with van der Waals surface area (Å²) in [5.41, 5.74) is 7.12. The van der Waals surface area contributed by atoms with Crippen LogP contribution in [-0.4, -0.2) is 12.1 Å². The number of nitrogens with zero attached hydrogens (tertiary/aromatic N) is 1. The highest BCUT2D eigenvalue weighted by Crippen LogP contribution is 2.26. The van der Waals surface area contributed by atoms with Gasteiger partial charge < -0.3 is 11.1 Å². The van der Waals surface area contributed by atoms with Gasteiger partial charge in [-0.3, -0.25) is 0 Å². The first kappa shape index (κ1) is 10.3. The zero-order valence-electron chi connectivity index (χ0n) is 8.20. The Hall–Kier alpha value is -1.24. The zero-order chi connectivity index (χ0) is 10.8. The molecule has 0 atom stereocenters. The topological polar surface area (TPSA) is 61.8 Å². The van der Waals surface area contributed by atoms with E-state index in [1.807, 2.05) is 0 Å². The van der Waals surface area contributed by atoms with Gasteiger partial charge in [0.2, 0.25) is 0 Å². The largest absolute Gasteiger partial charge is 0.381 e. The maximum Gasteiger partial charge on any atom is 0.101 e. The first-order valence-electron chi connectivity index (χ1n) is 4.91. The van der Waals surface area contributed by atoms with Gasteiger partial charge in [-0.05, 0) is 31.0 Å². The van der Waals surface area contributed by atoms with Crippen LogP contribution in [0.25, 0.3) is 0 Å². The number of nitriles is 1. The SMILES string of the molecule is N#Cc1ccc(Cl)cc1NC1CC(N)C1. The monoisotopic (exact) mass is 221 g/mol. The molecule has 0 heterocycles. The van der Waals surface area contributed by atoms with E-state index in [9.17, 15) is 0 Å². The van der Waals surface area contributed by atoms with E-state index < -0.39 is 0 Å². The molecule has 1 aromatic carbocycles. The molecule has 4 heteroatoms. The molecule has 15 heavy (non-hydrogen) atoms. The van der Waals surface area contributed by atoms with Crippen LogP contribution < -0.4 is 11.1 Å². The Morgan fingerprint density at radius 3 is 2.80 bits per heavy atom. The lowest BCUT2D eigenvalue weighted by Gasteiger charge is -2.34.